The highest BCUT2D eigenvalue weighted by atomic mass is 16.2. The molecule has 1 radical (unpaired) electrons. The molecule has 1 rings (SSSR count). The molecule has 3 heteroatoms. The number of carbonyl (C=O) groups is 1. The van der Waals surface area contributed by atoms with E-state index in [1.54, 1.807) is 0 Å². The van der Waals surface area contributed by atoms with Crippen LogP contribution >= 0.6 is 0 Å². The van der Waals surface area contributed by atoms with E-state index in [0.29, 0.717) is 0 Å². The van der Waals surface area contributed by atoms with Crippen molar-refractivity contribution in [2.24, 2.45) is 4.99 Å². The minimum atomic E-state index is -0.285. The lowest BCUT2D eigenvalue weighted by Crippen LogP contribution is -2.23. The Bertz CT molecular complexity index is 119. The van der Waals surface area contributed by atoms with Crippen molar-refractivity contribution in [3.05, 3.63) is 0 Å². The molecule has 0 fully saturated rings. The zero-order valence-corrected chi connectivity index (χ0v) is 3.93. The quantitative estimate of drug-likeness (QED) is 0.455. The number of hydrogen-bond acceptors (Lipinski definition) is 1. The lowest BCUT2D eigenvalue weighted by Gasteiger charge is -1.91. The van der Waals surface area contributed by atoms with Crippen LogP contribution in [0.2, 0.25) is 0 Å². The number of rotatable bonds is 0. The average molecular weight is 97.1 g/mol. The molecule has 0 bridgehead atoms. The van der Waals surface area contributed by atoms with Crippen LogP contribution in [0.4, 0.5) is 4.79 Å². The predicted octanol–water partition coefficient (Wildman–Crippen LogP) is 0.0459. The molecule has 1 heterocycles. The lowest BCUT2D eigenvalue weighted by atomic mass is 10.4. The first-order valence-electron chi connectivity index (χ1n) is 2.06. The summed E-state index contributed by atoms with van der Waals surface area (Å²) in [5.41, 5.74) is 0. The Morgan fingerprint density at radius 3 is 2.86 bits per heavy atom. The third-order valence-corrected chi connectivity index (χ3v) is 0.700. The van der Waals surface area contributed by atoms with E-state index in [4.69, 9.17) is 0 Å². The maximum absolute atomic E-state index is 10.1. The van der Waals surface area contributed by atoms with Gasteiger partial charge in [0.1, 0.15) is 0 Å². The highest BCUT2D eigenvalue weighted by molar-refractivity contribution is 5.92. The minimum Gasteiger partial charge on any atom is -0.328 e. The van der Waals surface area contributed by atoms with Crippen molar-refractivity contribution < 1.29 is 4.79 Å². The molecule has 0 aromatic rings. The van der Waals surface area contributed by atoms with E-state index in [2.05, 4.69) is 16.5 Å². The lowest BCUT2D eigenvalue weighted by molar-refractivity contribution is 0.250. The first-order valence-corrected chi connectivity index (χ1v) is 2.06. The van der Waals surface area contributed by atoms with Gasteiger partial charge < -0.3 is 5.32 Å². The van der Waals surface area contributed by atoms with Crippen molar-refractivity contribution >= 4 is 12.2 Å². The molecule has 0 saturated heterocycles. The molecule has 3 nitrogen and oxygen atoms in total. The molecule has 7 heavy (non-hydrogen) atoms. The number of urea groups is 1. The van der Waals surface area contributed by atoms with Gasteiger partial charge in [0.25, 0.3) is 0 Å². The summed E-state index contributed by atoms with van der Waals surface area (Å²) >= 11 is 0. The van der Waals surface area contributed by atoms with E-state index in [0.717, 1.165) is 0 Å². The van der Waals surface area contributed by atoms with Crippen LogP contribution in [-0.2, 0) is 0 Å². The van der Waals surface area contributed by atoms with Crippen LogP contribution in [0.5, 0.6) is 0 Å². The van der Waals surface area contributed by atoms with Gasteiger partial charge in [-0.2, -0.15) is 4.99 Å². The molecule has 2 amide bonds. The van der Waals surface area contributed by atoms with Crippen LogP contribution in [0.3, 0.4) is 0 Å². The van der Waals surface area contributed by atoms with Crippen molar-refractivity contribution in [3.8, 4) is 0 Å². The topological polar surface area (TPSA) is 41.5 Å². The van der Waals surface area contributed by atoms with Crippen LogP contribution < -0.4 is 5.32 Å². The molecular formula is C4H5N2O. The van der Waals surface area contributed by atoms with Gasteiger partial charge in [0, 0.05) is 0 Å². The van der Waals surface area contributed by atoms with Crippen molar-refractivity contribution in [2.45, 2.75) is 13.0 Å². The Morgan fingerprint density at radius 2 is 2.71 bits per heavy atom. The van der Waals surface area contributed by atoms with Gasteiger partial charge in [-0.05, 0) is 6.92 Å². The summed E-state index contributed by atoms with van der Waals surface area (Å²) in [5, 5.41) is 2.50. The third kappa shape index (κ3) is 0.765. The van der Waals surface area contributed by atoms with Crippen LogP contribution in [0.1, 0.15) is 6.92 Å². The fourth-order valence-electron chi connectivity index (χ4n) is 0.405. The molecule has 0 aromatic carbocycles. The van der Waals surface area contributed by atoms with Crippen molar-refractivity contribution in [1.82, 2.24) is 5.32 Å². The van der Waals surface area contributed by atoms with Gasteiger partial charge in [0.15, 0.2) is 0 Å². The number of carbonyl (C=O) groups excluding carboxylic acids is 1. The normalized spacial score (nSPS) is 28.1. The van der Waals surface area contributed by atoms with Gasteiger partial charge >= 0.3 is 6.03 Å². The van der Waals surface area contributed by atoms with Crippen molar-refractivity contribution in [1.29, 1.82) is 0 Å². The maximum atomic E-state index is 10.1. The molecule has 0 aromatic heterocycles. The molecule has 0 saturated carbocycles. The monoisotopic (exact) mass is 97.0 g/mol. The number of amides is 2. The Morgan fingerprint density at radius 1 is 2.00 bits per heavy atom. The zero-order valence-electron chi connectivity index (χ0n) is 3.93. The Kier molecular flexibility index (Phi) is 0.817. The molecule has 37 valence electrons. The van der Waals surface area contributed by atoms with Crippen molar-refractivity contribution in [2.75, 3.05) is 0 Å². The maximum Gasteiger partial charge on any atom is 0.341 e. The second-order valence-corrected chi connectivity index (χ2v) is 1.41. The van der Waals surface area contributed by atoms with Crippen molar-refractivity contribution in [3.63, 3.8) is 0 Å². The average Bonchev–Trinajstić information content (AvgIpc) is 1.87. The summed E-state index contributed by atoms with van der Waals surface area (Å²) in [6.07, 6.45) is 2.53. The minimum absolute atomic E-state index is 0.00694. The second-order valence-electron chi connectivity index (χ2n) is 1.41. The van der Waals surface area contributed by atoms with E-state index in [1.807, 2.05) is 6.92 Å². The third-order valence-electron chi connectivity index (χ3n) is 0.700. The number of nitrogens with one attached hydrogen (secondary N) is 1. The molecule has 1 unspecified atom stereocenters. The smallest absolute Gasteiger partial charge is 0.328 e. The van der Waals surface area contributed by atoms with E-state index >= 15 is 0 Å². The number of aliphatic imine (C=N–C) groups is 1. The van der Waals surface area contributed by atoms with Gasteiger partial charge in [-0.3, -0.25) is 0 Å². The number of hydrogen-bond donors (Lipinski definition) is 1. The van der Waals surface area contributed by atoms with Crippen LogP contribution in [0.25, 0.3) is 0 Å². The molecule has 0 spiro atoms. The molecule has 0 aliphatic carbocycles. The largest absolute Gasteiger partial charge is 0.341 e. The van der Waals surface area contributed by atoms with Crippen LogP contribution in [-0.4, -0.2) is 18.3 Å². The number of nitrogens with zero attached hydrogens (tertiary/aromatic N) is 1. The van der Waals surface area contributed by atoms with E-state index in [9.17, 15) is 4.79 Å². The summed E-state index contributed by atoms with van der Waals surface area (Å²) in [7, 11) is 0. The van der Waals surface area contributed by atoms with Crippen LogP contribution in [0.15, 0.2) is 4.99 Å². The standard InChI is InChI=1S/C4H5N2O/c1-3-2-5-4(7)6-3/h3H,1H3,(H,6,7). The highest BCUT2D eigenvalue weighted by Gasteiger charge is 2.09. The predicted molar refractivity (Wildman–Crippen MR) is 25.4 cm³/mol. The summed E-state index contributed by atoms with van der Waals surface area (Å²) < 4.78 is 0. The van der Waals surface area contributed by atoms with Crippen LogP contribution in [0, 0.1) is 0 Å². The zero-order chi connectivity index (χ0) is 5.28. The summed E-state index contributed by atoms with van der Waals surface area (Å²) in [6, 6.07) is -0.278. The first-order chi connectivity index (χ1) is 3.29. The SMILES string of the molecule is CC1[C]=NC(=O)N1. The van der Waals surface area contributed by atoms with Gasteiger partial charge in [0.2, 0.25) is 0 Å². The second kappa shape index (κ2) is 1.33. The Hall–Kier alpha value is -0.860. The van der Waals surface area contributed by atoms with Gasteiger partial charge in [0.05, 0.1) is 12.3 Å². The summed E-state index contributed by atoms with van der Waals surface area (Å²) in [6.45, 7) is 1.81. The summed E-state index contributed by atoms with van der Waals surface area (Å²) in [4.78, 5) is 13.4. The van der Waals surface area contributed by atoms with E-state index in [-0.39, 0.29) is 12.1 Å². The Balaban J connectivity index is 2.58. The van der Waals surface area contributed by atoms with Gasteiger partial charge in [-0.15, -0.1) is 0 Å². The molecule has 1 atom stereocenters. The fraction of sp³-hybridized carbons (Fsp3) is 0.500. The van der Waals surface area contributed by atoms with Gasteiger partial charge in [-0.1, -0.05) is 0 Å². The van der Waals surface area contributed by atoms with E-state index < -0.39 is 0 Å². The first kappa shape index (κ1) is 4.30. The Labute approximate surface area is 41.4 Å². The highest BCUT2D eigenvalue weighted by Crippen LogP contribution is 1.86. The molecule has 1 aliphatic rings. The summed E-state index contributed by atoms with van der Waals surface area (Å²) in [5.74, 6) is 0. The van der Waals surface area contributed by atoms with E-state index in [1.165, 1.54) is 0 Å². The van der Waals surface area contributed by atoms with Gasteiger partial charge in [-0.25, -0.2) is 4.79 Å². The molecule has 1 aliphatic heterocycles. The molecular weight excluding hydrogens is 92.1 g/mol. The molecule has 1 N–H and O–H groups in total. The fourth-order valence-corrected chi connectivity index (χ4v) is 0.405.